The number of aromatic amines is 1. The van der Waals surface area contributed by atoms with E-state index >= 15 is 0 Å². The molecular formula is C42H38N6O8. The largest absolute Gasteiger partial charge is 0.508 e. The van der Waals surface area contributed by atoms with Crippen molar-refractivity contribution in [3.63, 3.8) is 0 Å². The predicted octanol–water partition coefficient (Wildman–Crippen LogP) is 6.60. The summed E-state index contributed by atoms with van der Waals surface area (Å²) in [6.07, 6.45) is 0.861. The van der Waals surface area contributed by atoms with Gasteiger partial charge >= 0.3 is 6.16 Å². The average molecular weight is 755 g/mol. The van der Waals surface area contributed by atoms with Gasteiger partial charge in [0.25, 0.3) is 5.91 Å². The number of benzene rings is 3. The Morgan fingerprint density at radius 1 is 0.982 bits per heavy atom. The average Bonchev–Trinajstić information content (AvgIpc) is 4.01. The van der Waals surface area contributed by atoms with Crippen molar-refractivity contribution in [1.82, 2.24) is 25.6 Å². The Hall–Kier alpha value is -6.57. The van der Waals surface area contributed by atoms with E-state index in [-0.39, 0.29) is 24.1 Å². The molecule has 56 heavy (non-hydrogen) atoms. The molecule has 4 N–H and O–H groups in total. The molecule has 4 aliphatic heterocycles. The van der Waals surface area contributed by atoms with E-state index < -0.39 is 53.7 Å². The first-order valence-electron chi connectivity index (χ1n) is 18.7. The Balaban J connectivity index is 1.22. The number of para-hydroxylation sites is 1. The summed E-state index contributed by atoms with van der Waals surface area (Å²) < 4.78 is 30.4. The van der Waals surface area contributed by atoms with Crippen LogP contribution in [0.15, 0.2) is 75.8 Å². The van der Waals surface area contributed by atoms with Gasteiger partial charge in [0.2, 0.25) is 17.7 Å². The van der Waals surface area contributed by atoms with Gasteiger partial charge in [-0.25, -0.2) is 14.8 Å². The zero-order valence-electron chi connectivity index (χ0n) is 31.2. The van der Waals surface area contributed by atoms with E-state index in [1.54, 1.807) is 20.0 Å². The number of nitrogens with one attached hydrogen (secondary N) is 4. The lowest BCUT2D eigenvalue weighted by Crippen LogP contribution is -2.53. The Morgan fingerprint density at radius 2 is 1.80 bits per heavy atom. The van der Waals surface area contributed by atoms with Crippen LogP contribution in [0.5, 0.6) is 5.75 Å². The molecule has 6 aromatic rings. The number of nitrogens with zero attached hydrogens (tertiary/aromatic N) is 2. The van der Waals surface area contributed by atoms with E-state index in [4.69, 9.17) is 28.3 Å². The molecule has 284 valence electrons. The maximum atomic E-state index is 14.4. The van der Waals surface area contributed by atoms with E-state index in [1.165, 1.54) is 7.11 Å². The van der Waals surface area contributed by atoms with E-state index in [0.717, 1.165) is 50.0 Å². The highest BCUT2D eigenvalue weighted by Gasteiger charge is 2.61. The van der Waals surface area contributed by atoms with Gasteiger partial charge < -0.3 is 44.0 Å². The highest BCUT2D eigenvalue weighted by molar-refractivity contribution is 6.07. The van der Waals surface area contributed by atoms with Crippen molar-refractivity contribution in [2.75, 3.05) is 12.4 Å². The fourth-order valence-electron chi connectivity index (χ4n) is 8.76. The highest BCUT2D eigenvalue weighted by atomic mass is 16.7. The van der Waals surface area contributed by atoms with Crippen molar-refractivity contribution in [2.24, 2.45) is 11.8 Å². The quantitative estimate of drug-likeness (QED) is 0.139. The first-order valence-corrected chi connectivity index (χ1v) is 18.7. The Kier molecular flexibility index (Phi) is 7.41. The summed E-state index contributed by atoms with van der Waals surface area (Å²) in [4.78, 5) is 53.6. The second-order valence-corrected chi connectivity index (χ2v) is 15.4. The van der Waals surface area contributed by atoms with Gasteiger partial charge in [0, 0.05) is 51.5 Å². The van der Waals surface area contributed by atoms with Crippen molar-refractivity contribution >= 4 is 34.6 Å². The van der Waals surface area contributed by atoms with Crippen LogP contribution in [0.1, 0.15) is 62.1 Å². The topological polar surface area (TPSA) is 183 Å². The molecule has 0 fully saturated rings. The number of H-pyrrole nitrogens is 1. The van der Waals surface area contributed by atoms with Crippen molar-refractivity contribution < 1.29 is 37.4 Å². The summed E-state index contributed by atoms with van der Waals surface area (Å²) in [5.74, 6) is 0.395. The van der Waals surface area contributed by atoms with E-state index in [0.29, 0.717) is 23.0 Å². The van der Waals surface area contributed by atoms with Gasteiger partial charge in [0.05, 0.1) is 13.3 Å². The van der Waals surface area contributed by atoms with E-state index in [1.807, 2.05) is 56.4 Å². The number of fused-ring (bicyclic) bond motifs is 7. The lowest BCUT2D eigenvalue weighted by Gasteiger charge is -2.29. The number of methoxy groups -OCH3 is 1. The number of amides is 2. The fourth-order valence-corrected chi connectivity index (χ4v) is 8.76. The maximum absolute atomic E-state index is 14.4. The number of ether oxygens (including phenoxy) is 3. The van der Waals surface area contributed by atoms with Gasteiger partial charge in [-0.2, -0.15) is 0 Å². The summed E-state index contributed by atoms with van der Waals surface area (Å²) >= 11 is 0. The summed E-state index contributed by atoms with van der Waals surface area (Å²) in [6.45, 7) is 7.38. The second-order valence-electron chi connectivity index (χ2n) is 15.4. The molecule has 0 radical (unpaired) electrons. The monoisotopic (exact) mass is 754 g/mol. The van der Waals surface area contributed by atoms with Crippen LogP contribution in [-0.4, -0.2) is 58.4 Å². The number of anilines is 1. The normalized spacial score (nSPS) is 21.6. The van der Waals surface area contributed by atoms with E-state index in [9.17, 15) is 14.4 Å². The molecule has 14 nitrogen and oxygen atoms in total. The van der Waals surface area contributed by atoms with Crippen LogP contribution < -0.4 is 20.7 Å². The van der Waals surface area contributed by atoms with Crippen LogP contribution in [0.25, 0.3) is 44.9 Å². The van der Waals surface area contributed by atoms with Crippen molar-refractivity contribution in [2.45, 2.75) is 63.9 Å². The summed E-state index contributed by atoms with van der Waals surface area (Å²) in [5.41, 5.74) is 6.37. The lowest BCUT2D eigenvalue weighted by atomic mass is 9.72. The molecule has 3 aromatic carbocycles. The number of aromatic nitrogens is 3. The number of carbonyl (C=O) groups excluding carboxylic acids is 3. The molecule has 3 unspecified atom stereocenters. The van der Waals surface area contributed by atoms with Crippen LogP contribution in [0.3, 0.4) is 0 Å². The Labute approximate surface area is 320 Å². The minimum atomic E-state index is -1.21. The Bertz CT molecular complexity index is 2620. The van der Waals surface area contributed by atoms with Crippen LogP contribution in [0, 0.1) is 11.8 Å². The fraction of sp³-hybridized carbons (Fsp3) is 0.310. The zero-order valence-corrected chi connectivity index (χ0v) is 31.2. The molecule has 5 atom stereocenters. The van der Waals surface area contributed by atoms with Crippen molar-refractivity contribution in [3.8, 4) is 39.8 Å². The molecule has 10 rings (SSSR count). The third-order valence-electron chi connectivity index (χ3n) is 11.4. The summed E-state index contributed by atoms with van der Waals surface area (Å²) in [6, 6.07) is 16.3. The first kappa shape index (κ1) is 34.0. The van der Waals surface area contributed by atoms with Crippen LogP contribution in [-0.2, 0) is 30.9 Å². The van der Waals surface area contributed by atoms with Gasteiger partial charge in [0.15, 0.2) is 29.5 Å². The summed E-state index contributed by atoms with van der Waals surface area (Å²) in [7, 11) is 1.17. The minimum Gasteiger partial charge on any atom is -0.469 e. The van der Waals surface area contributed by atoms with Crippen molar-refractivity contribution in [1.29, 1.82) is 0 Å². The number of carbonyl (C=O) groups is 3. The Morgan fingerprint density at radius 3 is 2.61 bits per heavy atom. The lowest BCUT2D eigenvalue weighted by molar-refractivity contribution is -0.137. The van der Waals surface area contributed by atoms with Gasteiger partial charge in [-0.05, 0) is 35.1 Å². The molecule has 10 bridgehead atoms. The smallest absolute Gasteiger partial charge is 0.469 e. The molecular weight excluding hydrogens is 716 g/mol. The molecule has 0 aliphatic carbocycles. The van der Waals surface area contributed by atoms with Gasteiger partial charge in [-0.1, -0.05) is 70.2 Å². The third kappa shape index (κ3) is 4.77. The van der Waals surface area contributed by atoms with Crippen LogP contribution in [0.4, 0.5) is 10.5 Å². The van der Waals surface area contributed by atoms with Gasteiger partial charge in [0.1, 0.15) is 23.2 Å². The van der Waals surface area contributed by atoms with Gasteiger partial charge in [-0.3, -0.25) is 9.59 Å². The molecule has 0 saturated carbocycles. The zero-order chi connectivity index (χ0) is 38.6. The summed E-state index contributed by atoms with van der Waals surface area (Å²) in [5, 5.41) is 10.7. The number of hydrogen-bond acceptors (Lipinski definition) is 11. The predicted molar refractivity (Wildman–Crippen MR) is 203 cm³/mol. The SMILES string of the molecule is COC(=O)O[C@H](C(=O)NC1Cc2ccc3c(c2)C24c5cccc(c5NC2O3)-c2cccc3[nH]cc(c23)-c2cnc(o2)-c2nc(oc24)[C@H](C(C)C)NC1=O)C(C)C. The number of rotatable bonds is 5. The van der Waals surface area contributed by atoms with Crippen LogP contribution >= 0.6 is 0 Å². The maximum Gasteiger partial charge on any atom is 0.508 e. The molecule has 1 spiro atoms. The minimum absolute atomic E-state index is 0.111. The third-order valence-corrected chi connectivity index (χ3v) is 11.4. The standard InChI is InChI=1S/C42H38N6O8/c1-18(2)31-39-47-33-35(56-39)42-24-10-6-9-22(21-8-7-11-26-30(21)23(16-43-26)29-17-44-38(33)53-29)32(24)48-40(42)54-28-13-12-20(14-25(28)42)15-27(36(49)46-31)45-37(50)34(19(3)4)55-41(51)52-5/h6-14,16-19,27,31,34,40,43,48H,15H2,1-5H3,(H,45,50)(H,46,49)/t27?,31-,34-,40?,42?/m0/s1. The molecule has 14 heteroatoms. The highest BCUT2D eigenvalue weighted by Crippen LogP contribution is 2.61. The molecule has 3 aromatic heterocycles. The molecule has 0 saturated heterocycles. The second kappa shape index (κ2) is 12.2. The van der Waals surface area contributed by atoms with Gasteiger partial charge in [-0.15, -0.1) is 0 Å². The molecule has 2 amide bonds. The van der Waals surface area contributed by atoms with Crippen LogP contribution in [0.2, 0.25) is 0 Å². The number of hydrogen-bond donors (Lipinski definition) is 4. The number of oxazole rings is 2. The van der Waals surface area contributed by atoms with Crippen molar-refractivity contribution in [3.05, 3.63) is 95.3 Å². The molecule has 7 heterocycles. The molecule has 4 aliphatic rings. The van der Waals surface area contributed by atoms with E-state index in [2.05, 4.69) is 43.9 Å². The first-order chi connectivity index (χ1) is 27.1.